The van der Waals surface area contributed by atoms with Gasteiger partial charge in [-0.25, -0.2) is 0 Å². The summed E-state index contributed by atoms with van der Waals surface area (Å²) in [5.41, 5.74) is 0. The Hall–Kier alpha value is -1.16. The smallest absolute Gasteiger partial charge is 0.302 e. The number of rotatable bonds is 2. The van der Waals surface area contributed by atoms with Gasteiger partial charge in [0.15, 0.2) is 0 Å². The van der Waals surface area contributed by atoms with E-state index in [0.29, 0.717) is 13.2 Å². The van der Waals surface area contributed by atoms with Gasteiger partial charge in [-0.3, -0.25) is 4.79 Å². The molecule has 0 aromatic heterocycles. The van der Waals surface area contributed by atoms with E-state index in [2.05, 4.69) is 0 Å². The SMILES string of the molecule is CC(=O)OC[C@@]1(C)COc2ccccc2S1. The van der Waals surface area contributed by atoms with Gasteiger partial charge in [0.2, 0.25) is 0 Å². The summed E-state index contributed by atoms with van der Waals surface area (Å²) in [5, 5.41) is 0. The fourth-order valence-corrected chi connectivity index (χ4v) is 2.65. The lowest BCUT2D eigenvalue weighted by Gasteiger charge is -2.33. The minimum Gasteiger partial charge on any atom is -0.491 e. The Balaban J connectivity index is 2.08. The minimum absolute atomic E-state index is 0.194. The highest BCUT2D eigenvalue weighted by Gasteiger charge is 2.33. The van der Waals surface area contributed by atoms with E-state index in [1.54, 1.807) is 11.8 Å². The topological polar surface area (TPSA) is 35.5 Å². The summed E-state index contributed by atoms with van der Waals surface area (Å²) in [6, 6.07) is 7.90. The lowest BCUT2D eigenvalue weighted by atomic mass is 10.2. The summed E-state index contributed by atoms with van der Waals surface area (Å²) in [7, 11) is 0. The van der Waals surface area contributed by atoms with Gasteiger partial charge in [0.1, 0.15) is 19.0 Å². The first kappa shape index (κ1) is 11.3. The number of para-hydroxylation sites is 1. The Morgan fingerprint density at radius 1 is 1.56 bits per heavy atom. The number of carbonyl (C=O) groups excluding carboxylic acids is 1. The molecule has 1 aliphatic rings. The lowest BCUT2D eigenvalue weighted by Crippen LogP contribution is -2.37. The molecule has 1 aliphatic heterocycles. The van der Waals surface area contributed by atoms with Crippen LogP contribution in [0.3, 0.4) is 0 Å². The average molecular weight is 238 g/mol. The fraction of sp³-hybridized carbons (Fsp3) is 0.417. The molecule has 0 saturated heterocycles. The first-order valence-corrected chi connectivity index (χ1v) is 5.95. The second-order valence-electron chi connectivity index (χ2n) is 4.07. The zero-order valence-electron chi connectivity index (χ0n) is 9.36. The fourth-order valence-electron chi connectivity index (χ4n) is 1.50. The number of carbonyl (C=O) groups is 1. The van der Waals surface area contributed by atoms with Gasteiger partial charge in [-0.05, 0) is 19.1 Å². The van der Waals surface area contributed by atoms with Gasteiger partial charge in [0.25, 0.3) is 0 Å². The predicted octanol–water partition coefficient (Wildman–Crippen LogP) is 2.49. The summed E-state index contributed by atoms with van der Waals surface area (Å²) in [4.78, 5) is 11.9. The van der Waals surface area contributed by atoms with E-state index in [9.17, 15) is 4.79 Å². The van der Waals surface area contributed by atoms with Crippen LogP contribution in [0.25, 0.3) is 0 Å². The first-order valence-electron chi connectivity index (χ1n) is 5.13. The van der Waals surface area contributed by atoms with Crippen LogP contribution < -0.4 is 4.74 Å². The third-order valence-corrected chi connectivity index (χ3v) is 3.60. The van der Waals surface area contributed by atoms with Crippen LogP contribution in [0.1, 0.15) is 13.8 Å². The zero-order valence-corrected chi connectivity index (χ0v) is 10.2. The molecule has 0 bridgehead atoms. The van der Waals surface area contributed by atoms with Crippen molar-refractivity contribution in [3.05, 3.63) is 24.3 Å². The van der Waals surface area contributed by atoms with Crippen molar-refractivity contribution in [1.82, 2.24) is 0 Å². The van der Waals surface area contributed by atoms with Crippen molar-refractivity contribution in [3.8, 4) is 5.75 Å². The Morgan fingerprint density at radius 2 is 2.31 bits per heavy atom. The molecular formula is C12H14O3S. The Kier molecular flexibility index (Phi) is 3.10. The van der Waals surface area contributed by atoms with Crippen LogP contribution in [-0.2, 0) is 9.53 Å². The standard InChI is InChI=1S/C12H14O3S/c1-9(13)14-7-12(2)8-15-10-5-3-4-6-11(10)16-12/h3-6H,7-8H2,1-2H3/t12-/m0/s1. The molecule has 0 saturated carbocycles. The monoisotopic (exact) mass is 238 g/mol. The van der Waals surface area contributed by atoms with E-state index < -0.39 is 0 Å². The van der Waals surface area contributed by atoms with Crippen LogP contribution in [-0.4, -0.2) is 23.9 Å². The van der Waals surface area contributed by atoms with Gasteiger partial charge in [-0.2, -0.15) is 0 Å². The van der Waals surface area contributed by atoms with Gasteiger partial charge in [-0.15, -0.1) is 11.8 Å². The minimum atomic E-state index is -0.249. The van der Waals surface area contributed by atoms with Crippen LogP contribution in [0.15, 0.2) is 29.2 Å². The molecule has 0 amide bonds. The molecular weight excluding hydrogens is 224 g/mol. The van der Waals surface area contributed by atoms with Gasteiger partial charge >= 0.3 is 5.97 Å². The van der Waals surface area contributed by atoms with Crippen molar-refractivity contribution in [2.75, 3.05) is 13.2 Å². The maximum absolute atomic E-state index is 10.8. The summed E-state index contributed by atoms with van der Waals surface area (Å²) in [6.07, 6.45) is 0. The molecule has 16 heavy (non-hydrogen) atoms. The summed E-state index contributed by atoms with van der Waals surface area (Å²) in [6.45, 7) is 4.39. The van der Waals surface area contributed by atoms with Crippen LogP contribution in [0.5, 0.6) is 5.75 Å². The summed E-state index contributed by atoms with van der Waals surface area (Å²) in [5.74, 6) is 0.661. The highest BCUT2D eigenvalue weighted by molar-refractivity contribution is 8.00. The molecule has 1 aromatic rings. The van der Waals surface area contributed by atoms with Crippen molar-refractivity contribution in [2.45, 2.75) is 23.5 Å². The molecule has 1 heterocycles. The van der Waals surface area contributed by atoms with Gasteiger partial charge in [0.05, 0.1) is 9.64 Å². The third kappa shape index (κ3) is 2.50. The highest BCUT2D eigenvalue weighted by Crippen LogP contribution is 2.42. The molecule has 0 aliphatic carbocycles. The van der Waals surface area contributed by atoms with E-state index >= 15 is 0 Å². The van der Waals surface area contributed by atoms with Gasteiger partial charge in [-0.1, -0.05) is 12.1 Å². The normalized spacial score (nSPS) is 23.1. The van der Waals surface area contributed by atoms with Crippen LogP contribution in [0.2, 0.25) is 0 Å². The van der Waals surface area contributed by atoms with Crippen molar-refractivity contribution < 1.29 is 14.3 Å². The van der Waals surface area contributed by atoms with E-state index in [1.165, 1.54) is 6.92 Å². The number of hydrogen-bond donors (Lipinski definition) is 0. The molecule has 86 valence electrons. The van der Waals surface area contributed by atoms with Crippen LogP contribution >= 0.6 is 11.8 Å². The van der Waals surface area contributed by atoms with Crippen LogP contribution in [0, 0.1) is 0 Å². The molecule has 3 nitrogen and oxygen atoms in total. The van der Waals surface area contributed by atoms with Crippen LogP contribution in [0.4, 0.5) is 0 Å². The van der Waals surface area contributed by atoms with E-state index in [1.807, 2.05) is 31.2 Å². The van der Waals surface area contributed by atoms with Gasteiger partial charge < -0.3 is 9.47 Å². The molecule has 0 radical (unpaired) electrons. The van der Waals surface area contributed by atoms with Crippen molar-refractivity contribution in [1.29, 1.82) is 0 Å². The molecule has 0 fully saturated rings. The third-order valence-electron chi connectivity index (χ3n) is 2.32. The molecule has 1 atom stereocenters. The predicted molar refractivity (Wildman–Crippen MR) is 62.8 cm³/mol. The highest BCUT2D eigenvalue weighted by atomic mass is 32.2. The maximum Gasteiger partial charge on any atom is 0.302 e. The van der Waals surface area contributed by atoms with Crippen molar-refractivity contribution >= 4 is 17.7 Å². The van der Waals surface area contributed by atoms with E-state index in [4.69, 9.17) is 9.47 Å². The number of fused-ring (bicyclic) bond motifs is 1. The Bertz CT molecular complexity index is 405. The second-order valence-corrected chi connectivity index (χ2v) is 5.70. The number of ether oxygens (including phenoxy) is 2. The summed E-state index contributed by atoms with van der Waals surface area (Å²) >= 11 is 1.70. The molecule has 4 heteroatoms. The zero-order chi connectivity index (χ0) is 11.6. The van der Waals surface area contributed by atoms with E-state index in [-0.39, 0.29) is 10.7 Å². The van der Waals surface area contributed by atoms with Crippen molar-refractivity contribution in [3.63, 3.8) is 0 Å². The summed E-state index contributed by atoms with van der Waals surface area (Å²) < 4.78 is 10.5. The Labute approximate surface area is 99.1 Å². The van der Waals surface area contributed by atoms with Gasteiger partial charge in [0, 0.05) is 6.92 Å². The number of hydrogen-bond acceptors (Lipinski definition) is 4. The molecule has 2 rings (SSSR count). The number of thioether (sulfide) groups is 1. The maximum atomic E-state index is 10.8. The number of esters is 1. The van der Waals surface area contributed by atoms with E-state index in [0.717, 1.165) is 10.6 Å². The molecule has 0 N–H and O–H groups in total. The van der Waals surface area contributed by atoms with Crippen molar-refractivity contribution in [2.24, 2.45) is 0 Å². The first-order chi connectivity index (χ1) is 7.59. The Morgan fingerprint density at radius 3 is 3.06 bits per heavy atom. The lowest BCUT2D eigenvalue weighted by molar-refractivity contribution is -0.141. The quantitative estimate of drug-likeness (QED) is 0.742. The average Bonchev–Trinajstić information content (AvgIpc) is 2.26. The second kappa shape index (κ2) is 4.37. The number of benzene rings is 1. The molecule has 0 unspecified atom stereocenters. The molecule has 0 spiro atoms. The largest absolute Gasteiger partial charge is 0.491 e. The molecule has 1 aromatic carbocycles.